The topological polar surface area (TPSA) is 97.6 Å². The highest BCUT2D eigenvalue weighted by atomic mass is 19.1. The van der Waals surface area contributed by atoms with E-state index in [1.54, 1.807) is 30.6 Å². The summed E-state index contributed by atoms with van der Waals surface area (Å²) in [6, 6.07) is 15.4. The minimum Gasteiger partial charge on any atom is -0.484 e. The van der Waals surface area contributed by atoms with E-state index in [0.717, 1.165) is 22.3 Å². The molecule has 2 amide bonds. The van der Waals surface area contributed by atoms with E-state index in [-0.39, 0.29) is 47.8 Å². The lowest BCUT2D eigenvalue weighted by atomic mass is 9.87. The number of nitrogens with zero attached hydrogens (tertiary/aromatic N) is 3. The van der Waals surface area contributed by atoms with Gasteiger partial charge in [-0.2, -0.15) is 0 Å². The van der Waals surface area contributed by atoms with Crippen molar-refractivity contribution in [2.45, 2.75) is 45.9 Å². The van der Waals surface area contributed by atoms with Crippen molar-refractivity contribution in [2.75, 3.05) is 6.54 Å². The third-order valence-corrected chi connectivity index (χ3v) is 6.76. The van der Waals surface area contributed by atoms with Crippen LogP contribution >= 0.6 is 0 Å². The fourth-order valence-electron chi connectivity index (χ4n) is 4.82. The number of rotatable bonds is 9. The van der Waals surface area contributed by atoms with E-state index in [1.807, 2.05) is 43.0 Å². The molecule has 0 bridgehead atoms. The fourth-order valence-corrected chi connectivity index (χ4v) is 4.82. The van der Waals surface area contributed by atoms with E-state index in [4.69, 9.17) is 9.15 Å². The van der Waals surface area contributed by atoms with Crippen LogP contribution in [0.15, 0.2) is 77.7 Å². The predicted molar refractivity (Wildman–Crippen MR) is 146 cm³/mol. The van der Waals surface area contributed by atoms with Gasteiger partial charge < -0.3 is 19.4 Å². The van der Waals surface area contributed by atoms with Crippen LogP contribution in [-0.2, 0) is 24.4 Å². The molecule has 9 heteroatoms. The summed E-state index contributed by atoms with van der Waals surface area (Å²) in [5, 5.41) is 2.79. The molecule has 2 aromatic carbocycles. The van der Waals surface area contributed by atoms with E-state index in [1.165, 1.54) is 18.4 Å². The summed E-state index contributed by atoms with van der Waals surface area (Å²) in [6.45, 7) is 4.97. The second-order valence-corrected chi connectivity index (χ2v) is 10.2. The number of oxazole rings is 1. The number of halogens is 1. The van der Waals surface area contributed by atoms with Crippen molar-refractivity contribution in [3.8, 4) is 5.75 Å². The SMILES string of the molecule is CC(C)CC(=O)N1CCc2ccc(OCc3nc(C(=O)NCc4cccnc4)co3)cc2C1c1ccc(F)cc1. The molecule has 0 aliphatic carbocycles. The number of pyridine rings is 1. The molecule has 0 saturated carbocycles. The van der Waals surface area contributed by atoms with Crippen LogP contribution in [-0.4, -0.2) is 33.2 Å². The number of carbonyl (C=O) groups excluding carboxylic acids is 2. The smallest absolute Gasteiger partial charge is 0.273 e. The molecule has 1 N–H and O–H groups in total. The van der Waals surface area contributed by atoms with Crippen LogP contribution in [0.4, 0.5) is 4.39 Å². The molecule has 0 spiro atoms. The Morgan fingerprint density at radius 1 is 1.18 bits per heavy atom. The van der Waals surface area contributed by atoms with Gasteiger partial charge in [0, 0.05) is 31.9 Å². The Bertz CT molecular complexity index is 1470. The molecule has 1 aliphatic rings. The van der Waals surface area contributed by atoms with Gasteiger partial charge in [-0.25, -0.2) is 9.37 Å². The standard InChI is InChI=1S/C31H31FN4O4/c1-20(2)14-29(37)36-13-11-22-7-10-25(15-26(22)30(36)23-5-8-24(32)9-6-23)39-19-28-35-27(18-40-28)31(38)34-17-21-4-3-12-33-16-21/h3-10,12,15-16,18,20,30H,11,13-14,17,19H2,1-2H3,(H,34,38). The Morgan fingerprint density at radius 2 is 2.00 bits per heavy atom. The number of amides is 2. The van der Waals surface area contributed by atoms with Crippen LogP contribution in [0.5, 0.6) is 5.75 Å². The first-order chi connectivity index (χ1) is 19.4. The van der Waals surface area contributed by atoms with Gasteiger partial charge in [-0.15, -0.1) is 0 Å². The summed E-state index contributed by atoms with van der Waals surface area (Å²) in [6.07, 6.45) is 5.80. The number of nitrogens with one attached hydrogen (secondary N) is 1. The second-order valence-electron chi connectivity index (χ2n) is 10.2. The molecule has 5 rings (SSSR count). The van der Waals surface area contributed by atoms with Gasteiger partial charge in [-0.05, 0) is 64.9 Å². The molecule has 4 aromatic rings. The van der Waals surface area contributed by atoms with Gasteiger partial charge in [0.1, 0.15) is 17.8 Å². The summed E-state index contributed by atoms with van der Waals surface area (Å²) < 4.78 is 25.2. The Kier molecular flexibility index (Phi) is 8.19. The normalized spacial score (nSPS) is 14.6. The van der Waals surface area contributed by atoms with Crippen molar-refractivity contribution in [1.82, 2.24) is 20.2 Å². The minimum absolute atomic E-state index is 0.0197. The third-order valence-electron chi connectivity index (χ3n) is 6.76. The third kappa shape index (κ3) is 6.36. The van der Waals surface area contributed by atoms with Gasteiger partial charge >= 0.3 is 0 Å². The molecule has 0 saturated heterocycles. The summed E-state index contributed by atoms with van der Waals surface area (Å²) in [7, 11) is 0. The van der Waals surface area contributed by atoms with Crippen LogP contribution in [0.1, 0.15) is 64.9 Å². The van der Waals surface area contributed by atoms with Crippen LogP contribution in [0.25, 0.3) is 0 Å². The first-order valence-electron chi connectivity index (χ1n) is 13.3. The minimum atomic E-state index is -0.360. The first kappa shape index (κ1) is 27.1. The molecule has 1 aliphatic heterocycles. The summed E-state index contributed by atoms with van der Waals surface area (Å²) in [5.41, 5.74) is 3.92. The van der Waals surface area contributed by atoms with E-state index >= 15 is 0 Å². The highest BCUT2D eigenvalue weighted by Crippen LogP contribution is 2.38. The maximum absolute atomic E-state index is 13.7. The molecule has 0 radical (unpaired) electrons. The highest BCUT2D eigenvalue weighted by molar-refractivity contribution is 5.91. The molecule has 3 heterocycles. The quantitative estimate of drug-likeness (QED) is 0.311. The van der Waals surface area contributed by atoms with Gasteiger partial charge in [0.05, 0.1) is 6.04 Å². The van der Waals surface area contributed by atoms with Crippen molar-refractivity contribution >= 4 is 11.8 Å². The Labute approximate surface area is 232 Å². The van der Waals surface area contributed by atoms with Gasteiger partial charge in [-0.1, -0.05) is 38.1 Å². The molecule has 1 unspecified atom stereocenters. The van der Waals surface area contributed by atoms with E-state index in [0.29, 0.717) is 31.7 Å². The Balaban J connectivity index is 1.30. The zero-order chi connectivity index (χ0) is 28.1. The van der Waals surface area contributed by atoms with Crippen LogP contribution in [0.2, 0.25) is 0 Å². The van der Waals surface area contributed by atoms with E-state index < -0.39 is 0 Å². The van der Waals surface area contributed by atoms with Crippen molar-refractivity contribution in [2.24, 2.45) is 5.92 Å². The molecule has 1 atom stereocenters. The number of benzene rings is 2. The molecular formula is C31H31FN4O4. The second kappa shape index (κ2) is 12.1. The van der Waals surface area contributed by atoms with Crippen LogP contribution in [0.3, 0.4) is 0 Å². The van der Waals surface area contributed by atoms with Gasteiger partial charge in [0.25, 0.3) is 5.91 Å². The maximum Gasteiger partial charge on any atom is 0.273 e. The number of hydrogen-bond acceptors (Lipinski definition) is 6. The molecule has 2 aromatic heterocycles. The first-order valence-corrected chi connectivity index (χ1v) is 13.3. The van der Waals surface area contributed by atoms with Crippen molar-refractivity contribution in [3.63, 3.8) is 0 Å². The van der Waals surface area contributed by atoms with Crippen molar-refractivity contribution in [1.29, 1.82) is 0 Å². The highest BCUT2D eigenvalue weighted by Gasteiger charge is 2.32. The van der Waals surface area contributed by atoms with E-state index in [2.05, 4.69) is 15.3 Å². The van der Waals surface area contributed by atoms with Gasteiger partial charge in [0.15, 0.2) is 12.3 Å². The lowest BCUT2D eigenvalue weighted by molar-refractivity contribution is -0.134. The zero-order valence-electron chi connectivity index (χ0n) is 22.5. The average molecular weight is 543 g/mol. The van der Waals surface area contributed by atoms with E-state index in [9.17, 15) is 14.0 Å². The molecule has 206 valence electrons. The molecule has 8 nitrogen and oxygen atoms in total. The molecule has 0 fully saturated rings. The Hall–Kier alpha value is -4.53. The summed E-state index contributed by atoms with van der Waals surface area (Å²) in [4.78, 5) is 35.8. The molecular weight excluding hydrogens is 511 g/mol. The van der Waals surface area contributed by atoms with Crippen LogP contribution < -0.4 is 10.1 Å². The molecule has 40 heavy (non-hydrogen) atoms. The fraction of sp³-hybridized carbons (Fsp3) is 0.290. The number of carbonyl (C=O) groups is 2. The summed E-state index contributed by atoms with van der Waals surface area (Å²) >= 11 is 0. The van der Waals surface area contributed by atoms with Gasteiger partial charge in [-0.3, -0.25) is 14.6 Å². The number of fused-ring (bicyclic) bond motifs is 1. The number of ether oxygens (including phenoxy) is 1. The monoisotopic (exact) mass is 542 g/mol. The van der Waals surface area contributed by atoms with Crippen molar-refractivity contribution < 1.29 is 23.1 Å². The number of hydrogen-bond donors (Lipinski definition) is 1. The number of aromatic nitrogens is 2. The van der Waals surface area contributed by atoms with Crippen molar-refractivity contribution in [3.05, 3.63) is 113 Å². The maximum atomic E-state index is 13.7. The summed E-state index contributed by atoms with van der Waals surface area (Å²) in [5.74, 6) is 0.433. The largest absolute Gasteiger partial charge is 0.484 e. The Morgan fingerprint density at radius 3 is 2.75 bits per heavy atom. The lowest BCUT2D eigenvalue weighted by Crippen LogP contribution is -2.41. The zero-order valence-corrected chi connectivity index (χ0v) is 22.5. The average Bonchev–Trinajstić information content (AvgIpc) is 3.44. The lowest BCUT2D eigenvalue weighted by Gasteiger charge is -2.38. The predicted octanol–water partition coefficient (Wildman–Crippen LogP) is 5.24. The van der Waals surface area contributed by atoms with Crippen LogP contribution in [0, 0.1) is 11.7 Å². The van der Waals surface area contributed by atoms with Gasteiger partial charge in [0.2, 0.25) is 11.8 Å².